The Bertz CT molecular complexity index is 640. The topological polar surface area (TPSA) is 76.1 Å². The molecule has 0 spiro atoms. The monoisotopic (exact) mass is 348 g/mol. The molecule has 5 heteroatoms. The highest BCUT2D eigenvalue weighted by Gasteiger charge is 2.60. The molecule has 0 unspecified atom stereocenters. The fraction of sp³-hybridized carbons (Fsp3) is 0.800. The molecule has 2 saturated heterocycles. The number of fused-ring (bicyclic) bond motifs is 2. The van der Waals surface area contributed by atoms with Gasteiger partial charge in [0.2, 0.25) is 6.29 Å². The van der Waals surface area contributed by atoms with Crippen LogP contribution < -0.4 is 0 Å². The quantitative estimate of drug-likeness (QED) is 0.621. The number of hydrogen-bond acceptors (Lipinski definition) is 4. The molecule has 138 valence electrons. The second-order valence-corrected chi connectivity index (χ2v) is 8.97. The van der Waals surface area contributed by atoms with Gasteiger partial charge in [0.1, 0.15) is 6.10 Å². The van der Waals surface area contributed by atoms with Crippen LogP contribution in [-0.4, -0.2) is 29.4 Å². The number of esters is 1. The summed E-state index contributed by atoms with van der Waals surface area (Å²) in [6, 6.07) is 0. The molecule has 1 N–H and O–H groups in total. The fourth-order valence-corrected chi connectivity index (χ4v) is 6.02. The predicted molar refractivity (Wildman–Crippen MR) is 90.5 cm³/mol. The Kier molecular flexibility index (Phi) is 3.80. The van der Waals surface area contributed by atoms with E-state index in [2.05, 4.69) is 20.8 Å². The molecule has 2 heterocycles. The van der Waals surface area contributed by atoms with Gasteiger partial charge in [-0.15, -0.1) is 0 Å². The summed E-state index contributed by atoms with van der Waals surface area (Å²) in [5.41, 5.74) is 0.378. The van der Waals surface area contributed by atoms with E-state index in [1.54, 1.807) is 0 Å². The van der Waals surface area contributed by atoms with E-state index in [9.17, 15) is 14.7 Å². The second kappa shape index (κ2) is 5.57. The van der Waals surface area contributed by atoms with Crippen molar-refractivity contribution in [2.24, 2.45) is 28.6 Å². The van der Waals surface area contributed by atoms with Crippen LogP contribution in [0.15, 0.2) is 11.6 Å². The number of carbonyl (C=O) groups excluding carboxylic acids is 1. The van der Waals surface area contributed by atoms with Gasteiger partial charge < -0.3 is 14.6 Å². The molecule has 3 fully saturated rings. The zero-order valence-corrected chi connectivity index (χ0v) is 15.3. The zero-order valence-electron chi connectivity index (χ0n) is 15.3. The van der Waals surface area contributed by atoms with E-state index in [1.165, 1.54) is 0 Å². The van der Waals surface area contributed by atoms with Gasteiger partial charge >= 0.3 is 11.9 Å². The number of ether oxygens (including phenoxy) is 2. The summed E-state index contributed by atoms with van der Waals surface area (Å²) in [4.78, 5) is 23.8. The molecule has 5 nitrogen and oxygen atoms in total. The minimum absolute atomic E-state index is 0.0369. The number of carbonyl (C=O) groups is 2. The van der Waals surface area contributed by atoms with Crippen LogP contribution in [0.2, 0.25) is 0 Å². The number of carboxylic acid groups (broad SMARTS) is 1. The highest BCUT2D eigenvalue weighted by molar-refractivity contribution is 5.88. The highest BCUT2D eigenvalue weighted by atomic mass is 16.8. The minimum atomic E-state index is -0.766. The maximum absolute atomic E-state index is 12.0. The van der Waals surface area contributed by atoms with E-state index in [4.69, 9.17) is 9.47 Å². The number of allylic oxidation sites excluding steroid dienone is 1. The fourth-order valence-electron chi connectivity index (χ4n) is 6.02. The normalized spacial score (nSPS) is 48.2. The molecule has 2 aliphatic heterocycles. The lowest BCUT2D eigenvalue weighted by atomic mass is 9.46. The molecule has 2 aliphatic carbocycles. The lowest BCUT2D eigenvalue weighted by molar-refractivity contribution is -0.152. The third-order valence-corrected chi connectivity index (χ3v) is 7.85. The van der Waals surface area contributed by atoms with E-state index in [1.807, 2.05) is 6.08 Å². The van der Waals surface area contributed by atoms with Crippen molar-refractivity contribution in [3.63, 3.8) is 0 Å². The van der Waals surface area contributed by atoms with Gasteiger partial charge in [0, 0.05) is 11.0 Å². The van der Waals surface area contributed by atoms with Crippen molar-refractivity contribution in [1.29, 1.82) is 0 Å². The van der Waals surface area contributed by atoms with Gasteiger partial charge in [-0.05, 0) is 55.8 Å². The van der Waals surface area contributed by atoms with Crippen LogP contribution in [0.4, 0.5) is 0 Å². The van der Waals surface area contributed by atoms with E-state index >= 15 is 0 Å². The van der Waals surface area contributed by atoms with E-state index in [-0.39, 0.29) is 35.1 Å². The molecule has 0 aromatic carbocycles. The van der Waals surface area contributed by atoms with Crippen molar-refractivity contribution >= 4 is 11.9 Å². The third kappa shape index (κ3) is 2.46. The summed E-state index contributed by atoms with van der Waals surface area (Å²) >= 11 is 0. The van der Waals surface area contributed by atoms with Gasteiger partial charge in [-0.3, -0.25) is 4.79 Å². The Hall–Kier alpha value is -1.36. The van der Waals surface area contributed by atoms with Crippen LogP contribution in [-0.2, 0) is 19.1 Å². The lowest BCUT2D eigenvalue weighted by Gasteiger charge is -2.57. The van der Waals surface area contributed by atoms with Crippen LogP contribution in [0.5, 0.6) is 0 Å². The molecule has 0 radical (unpaired) electrons. The molecule has 25 heavy (non-hydrogen) atoms. The van der Waals surface area contributed by atoms with Gasteiger partial charge in [-0.2, -0.15) is 0 Å². The molecule has 0 aromatic heterocycles. The van der Waals surface area contributed by atoms with Gasteiger partial charge in [-0.1, -0.05) is 26.8 Å². The average molecular weight is 348 g/mol. The summed E-state index contributed by atoms with van der Waals surface area (Å²) in [6.07, 6.45) is 7.14. The Morgan fingerprint density at radius 1 is 1.36 bits per heavy atom. The molecule has 1 saturated carbocycles. The average Bonchev–Trinajstić information content (AvgIpc) is 3.23. The summed E-state index contributed by atoms with van der Waals surface area (Å²) in [6.45, 7) is 6.75. The number of epoxide rings is 1. The summed E-state index contributed by atoms with van der Waals surface area (Å²) in [5.74, 6) is -0.163. The number of aliphatic carboxylic acids is 1. The van der Waals surface area contributed by atoms with Gasteiger partial charge in [0.25, 0.3) is 0 Å². The van der Waals surface area contributed by atoms with Crippen LogP contribution in [0, 0.1) is 28.6 Å². The van der Waals surface area contributed by atoms with Crippen molar-refractivity contribution in [3.05, 3.63) is 11.6 Å². The molecule has 0 amide bonds. The van der Waals surface area contributed by atoms with E-state index in [0.29, 0.717) is 17.4 Å². The standard InChI is InChI=1S/C20H28O5/c1-11-7-9-20(3)13(16(21)22)5-4-6-14(20)19(11,2)10-8-12-15-18(24-15)25-17(12)23/h5,11-12,14-15,18H,4,6-10H2,1-3H3,(H,21,22)/t11-,12+,14-,15-,18+,19+,20-/m1/s1. The van der Waals surface area contributed by atoms with Crippen molar-refractivity contribution in [3.8, 4) is 0 Å². The Balaban J connectivity index is 1.57. The minimum Gasteiger partial charge on any atom is -0.478 e. The molecule has 0 bridgehead atoms. The molecule has 4 aliphatic rings. The van der Waals surface area contributed by atoms with Crippen LogP contribution in [0.1, 0.15) is 59.3 Å². The highest BCUT2D eigenvalue weighted by Crippen LogP contribution is 2.62. The maximum atomic E-state index is 12.0. The first-order chi connectivity index (χ1) is 11.8. The second-order valence-electron chi connectivity index (χ2n) is 8.97. The number of hydrogen-bond donors (Lipinski definition) is 1. The smallest absolute Gasteiger partial charge is 0.331 e. The largest absolute Gasteiger partial charge is 0.478 e. The van der Waals surface area contributed by atoms with Crippen molar-refractivity contribution < 1.29 is 24.2 Å². The van der Waals surface area contributed by atoms with Crippen molar-refractivity contribution in [2.75, 3.05) is 0 Å². The first-order valence-electron chi connectivity index (χ1n) is 9.57. The lowest BCUT2D eigenvalue weighted by Crippen LogP contribution is -2.51. The Morgan fingerprint density at radius 3 is 2.76 bits per heavy atom. The van der Waals surface area contributed by atoms with E-state index < -0.39 is 5.97 Å². The SMILES string of the molecule is C[C@@H]1CC[C@]2(C)C(C(=O)O)=CCC[C@@H]2[C@@]1(C)CC[C@@H]1C(=O)O[C@@H]2O[C@@H]21. The first-order valence-corrected chi connectivity index (χ1v) is 9.57. The van der Waals surface area contributed by atoms with Crippen molar-refractivity contribution in [2.45, 2.75) is 71.7 Å². The van der Waals surface area contributed by atoms with Crippen LogP contribution >= 0.6 is 0 Å². The van der Waals surface area contributed by atoms with Crippen LogP contribution in [0.25, 0.3) is 0 Å². The van der Waals surface area contributed by atoms with Gasteiger partial charge in [-0.25, -0.2) is 4.79 Å². The number of rotatable bonds is 4. The molecule has 0 aromatic rings. The van der Waals surface area contributed by atoms with Crippen LogP contribution in [0.3, 0.4) is 0 Å². The zero-order chi connectivity index (χ0) is 18.0. The molecular formula is C20H28O5. The summed E-state index contributed by atoms with van der Waals surface area (Å²) in [5, 5.41) is 9.71. The van der Waals surface area contributed by atoms with Gasteiger partial charge in [0.05, 0.1) is 5.92 Å². The summed E-state index contributed by atoms with van der Waals surface area (Å²) < 4.78 is 10.6. The molecule has 4 rings (SSSR count). The summed E-state index contributed by atoms with van der Waals surface area (Å²) in [7, 11) is 0. The first kappa shape index (κ1) is 17.1. The van der Waals surface area contributed by atoms with E-state index in [0.717, 1.165) is 38.5 Å². The third-order valence-electron chi connectivity index (χ3n) is 7.85. The molecule has 7 atom stereocenters. The van der Waals surface area contributed by atoms with Crippen molar-refractivity contribution in [1.82, 2.24) is 0 Å². The Morgan fingerprint density at radius 2 is 2.12 bits per heavy atom. The van der Waals surface area contributed by atoms with Gasteiger partial charge in [0.15, 0.2) is 0 Å². The maximum Gasteiger partial charge on any atom is 0.331 e. The predicted octanol–water partition coefficient (Wildman–Crippen LogP) is 3.53. The Labute approximate surface area is 148 Å². The number of carboxylic acids is 1. The molecular weight excluding hydrogens is 320 g/mol.